The number of nitrogens with zero attached hydrogens (tertiary/aromatic N) is 2. The molecule has 1 saturated heterocycles. The molecule has 0 radical (unpaired) electrons. The van der Waals surface area contributed by atoms with Gasteiger partial charge >= 0.3 is 5.91 Å². The van der Waals surface area contributed by atoms with Gasteiger partial charge in [0.2, 0.25) is 0 Å². The van der Waals surface area contributed by atoms with E-state index >= 15 is 0 Å². The van der Waals surface area contributed by atoms with Gasteiger partial charge < -0.3 is 14.6 Å². The van der Waals surface area contributed by atoms with E-state index in [9.17, 15) is 14.7 Å². The van der Waals surface area contributed by atoms with E-state index in [1.165, 1.54) is 16.2 Å². The molecule has 8 heteroatoms. The van der Waals surface area contributed by atoms with Crippen molar-refractivity contribution in [1.29, 1.82) is 0 Å². The highest BCUT2D eigenvalue weighted by atomic mass is 32.1. The molecule has 0 spiro atoms. The van der Waals surface area contributed by atoms with Crippen LogP contribution in [0.15, 0.2) is 66.2 Å². The van der Waals surface area contributed by atoms with Gasteiger partial charge in [-0.15, -0.1) is 0 Å². The lowest BCUT2D eigenvalue weighted by Gasteiger charge is -2.23. The maximum Gasteiger partial charge on any atom is 0.301 e. The van der Waals surface area contributed by atoms with Crippen molar-refractivity contribution in [3.05, 3.63) is 88.5 Å². The first-order valence-electron chi connectivity index (χ1n) is 13.0. The number of fused-ring (bicyclic) bond motifs is 1. The van der Waals surface area contributed by atoms with Crippen LogP contribution in [0.1, 0.15) is 48.6 Å². The summed E-state index contributed by atoms with van der Waals surface area (Å²) in [5.74, 6) is -0.291. The number of thiazole rings is 1. The fourth-order valence-corrected chi connectivity index (χ4v) is 5.72. The molecule has 0 bridgehead atoms. The summed E-state index contributed by atoms with van der Waals surface area (Å²) in [6.45, 7) is 8.84. The van der Waals surface area contributed by atoms with Gasteiger partial charge in [0.1, 0.15) is 17.3 Å². The zero-order valence-corrected chi connectivity index (χ0v) is 23.2. The number of aliphatic hydroxyl groups is 1. The van der Waals surface area contributed by atoms with Crippen molar-refractivity contribution in [2.45, 2.75) is 40.2 Å². The molecule has 0 aliphatic carbocycles. The number of benzene rings is 3. The Bertz CT molecular complexity index is 1590. The highest BCUT2D eigenvalue weighted by molar-refractivity contribution is 7.22. The summed E-state index contributed by atoms with van der Waals surface area (Å²) in [7, 11) is 0. The second kappa shape index (κ2) is 10.9. The predicted octanol–water partition coefficient (Wildman–Crippen LogP) is 6.73. The Labute approximate surface area is 231 Å². The van der Waals surface area contributed by atoms with Crippen LogP contribution in [0, 0.1) is 13.8 Å². The average molecular weight is 543 g/mol. The molecule has 1 N–H and O–H groups in total. The lowest BCUT2D eigenvalue weighted by atomic mass is 9.93. The number of carbonyl (C=O) groups is 2. The number of aromatic nitrogens is 1. The number of aliphatic hydroxyl groups excluding tert-OH is 1. The molecule has 1 atom stereocenters. The van der Waals surface area contributed by atoms with Crippen LogP contribution in [0.5, 0.6) is 11.5 Å². The Kier molecular flexibility index (Phi) is 7.39. The summed E-state index contributed by atoms with van der Waals surface area (Å²) in [6.07, 6.45) is 0.875. The molecule has 0 saturated carbocycles. The Morgan fingerprint density at radius 1 is 0.974 bits per heavy atom. The smallest absolute Gasteiger partial charge is 0.301 e. The minimum Gasteiger partial charge on any atom is -0.507 e. The highest BCUT2D eigenvalue weighted by Gasteiger charge is 2.48. The normalized spacial score (nSPS) is 16.7. The molecule has 1 unspecified atom stereocenters. The standard InChI is InChI=1S/C31H30N2O5S/c1-5-15-38-21-11-9-20(10-12-21)27-26(28(34)23-16-18(3)7-8-19(23)4)29(35)30(36)33(27)31-32-24-14-13-22(37-6-2)17-25(24)39-31/h7-14,16-17,27,34H,5-6,15H2,1-4H3. The second-order valence-electron chi connectivity index (χ2n) is 9.46. The van der Waals surface area contributed by atoms with Crippen molar-refractivity contribution in [1.82, 2.24) is 4.98 Å². The number of rotatable bonds is 8. The van der Waals surface area contributed by atoms with Gasteiger partial charge in [0.05, 0.1) is 35.0 Å². The number of carbonyl (C=O) groups excluding carboxylic acids is 2. The fourth-order valence-electron chi connectivity index (χ4n) is 4.70. The van der Waals surface area contributed by atoms with Crippen LogP contribution >= 0.6 is 11.3 Å². The molecule has 39 heavy (non-hydrogen) atoms. The molecule has 1 aliphatic heterocycles. The van der Waals surface area contributed by atoms with E-state index in [1.54, 1.807) is 0 Å². The first-order chi connectivity index (χ1) is 18.8. The highest BCUT2D eigenvalue weighted by Crippen LogP contribution is 2.45. The summed E-state index contributed by atoms with van der Waals surface area (Å²) in [5.41, 5.74) is 3.64. The number of ether oxygens (including phenoxy) is 2. The molecule has 1 amide bonds. The molecule has 4 aromatic rings. The van der Waals surface area contributed by atoms with Crippen LogP contribution in [0.3, 0.4) is 0 Å². The van der Waals surface area contributed by atoms with E-state index in [2.05, 4.69) is 0 Å². The van der Waals surface area contributed by atoms with Crippen molar-refractivity contribution in [3.8, 4) is 11.5 Å². The van der Waals surface area contributed by atoms with Gasteiger partial charge in [0, 0.05) is 5.56 Å². The molecule has 1 aromatic heterocycles. The summed E-state index contributed by atoms with van der Waals surface area (Å²) in [4.78, 5) is 33.3. The zero-order valence-electron chi connectivity index (χ0n) is 22.4. The molecule has 200 valence electrons. The van der Waals surface area contributed by atoms with Gasteiger partial charge in [-0.3, -0.25) is 14.5 Å². The van der Waals surface area contributed by atoms with E-state index in [-0.39, 0.29) is 11.3 Å². The number of hydrogen-bond acceptors (Lipinski definition) is 7. The van der Waals surface area contributed by atoms with Crippen molar-refractivity contribution >= 4 is 44.1 Å². The first kappa shape index (κ1) is 26.4. The van der Waals surface area contributed by atoms with Crippen molar-refractivity contribution < 1.29 is 24.2 Å². The minimum atomic E-state index is -0.864. The quantitative estimate of drug-likeness (QED) is 0.151. The summed E-state index contributed by atoms with van der Waals surface area (Å²) >= 11 is 1.30. The number of Topliss-reactive ketones (excluding diaryl/α,β-unsaturated/α-hetero) is 1. The van der Waals surface area contributed by atoms with E-state index in [4.69, 9.17) is 14.5 Å². The van der Waals surface area contributed by atoms with Crippen LogP contribution in [0.2, 0.25) is 0 Å². The molecule has 5 rings (SSSR count). The number of aryl methyl sites for hydroxylation is 2. The average Bonchev–Trinajstić information content (AvgIpc) is 3.46. The minimum absolute atomic E-state index is 0.0326. The van der Waals surface area contributed by atoms with Crippen molar-refractivity contribution in [3.63, 3.8) is 0 Å². The lowest BCUT2D eigenvalue weighted by Crippen LogP contribution is -2.29. The summed E-state index contributed by atoms with van der Waals surface area (Å²) < 4.78 is 12.2. The maximum atomic E-state index is 13.6. The Balaban J connectivity index is 1.68. The molecule has 7 nitrogen and oxygen atoms in total. The molecule has 1 aliphatic rings. The number of hydrogen-bond donors (Lipinski definition) is 1. The molecule has 2 heterocycles. The number of amides is 1. The largest absolute Gasteiger partial charge is 0.507 e. The van der Waals surface area contributed by atoms with Gasteiger partial charge in [-0.25, -0.2) is 4.98 Å². The monoisotopic (exact) mass is 542 g/mol. The van der Waals surface area contributed by atoms with E-state index in [0.29, 0.717) is 46.5 Å². The molecule has 3 aromatic carbocycles. The van der Waals surface area contributed by atoms with Gasteiger partial charge in [-0.2, -0.15) is 0 Å². The number of anilines is 1. The third-order valence-corrected chi connectivity index (χ3v) is 7.64. The number of ketones is 1. The van der Waals surface area contributed by atoms with Crippen molar-refractivity contribution in [2.75, 3.05) is 18.1 Å². The van der Waals surface area contributed by atoms with Gasteiger partial charge in [0.15, 0.2) is 5.13 Å². The van der Waals surface area contributed by atoms with E-state index < -0.39 is 17.7 Å². The van der Waals surface area contributed by atoms with E-state index in [0.717, 1.165) is 22.2 Å². The predicted molar refractivity (Wildman–Crippen MR) is 154 cm³/mol. The van der Waals surface area contributed by atoms with E-state index in [1.807, 2.05) is 88.4 Å². The van der Waals surface area contributed by atoms with Crippen molar-refractivity contribution in [2.24, 2.45) is 0 Å². The fraction of sp³-hybridized carbons (Fsp3) is 0.258. The summed E-state index contributed by atoms with van der Waals surface area (Å²) in [6, 6.07) is 17.6. The molecule has 1 fully saturated rings. The Morgan fingerprint density at radius 3 is 2.44 bits per heavy atom. The maximum absolute atomic E-state index is 13.6. The first-order valence-corrected chi connectivity index (χ1v) is 13.8. The second-order valence-corrected chi connectivity index (χ2v) is 10.5. The Hall–Kier alpha value is -4.17. The third kappa shape index (κ3) is 5.00. The zero-order chi connectivity index (χ0) is 27.7. The van der Waals surface area contributed by atoms with Gasteiger partial charge in [-0.1, -0.05) is 48.1 Å². The SMILES string of the molecule is CCCOc1ccc(C2C(=C(O)c3cc(C)ccc3C)C(=O)C(=O)N2c2nc3ccc(OCC)cc3s2)cc1. The van der Waals surface area contributed by atoms with Crippen LogP contribution < -0.4 is 14.4 Å². The molecular weight excluding hydrogens is 512 g/mol. The van der Waals surface area contributed by atoms with Gasteiger partial charge in [0.25, 0.3) is 5.78 Å². The summed E-state index contributed by atoms with van der Waals surface area (Å²) in [5, 5.41) is 11.9. The topological polar surface area (TPSA) is 89.0 Å². The van der Waals surface area contributed by atoms with Gasteiger partial charge in [-0.05, 0) is 74.7 Å². The van der Waals surface area contributed by atoms with Crippen LogP contribution in [-0.4, -0.2) is 35.0 Å². The lowest BCUT2D eigenvalue weighted by molar-refractivity contribution is -0.132. The Morgan fingerprint density at radius 2 is 1.72 bits per heavy atom. The van der Waals surface area contributed by atoms with Crippen LogP contribution in [0.4, 0.5) is 5.13 Å². The third-order valence-electron chi connectivity index (χ3n) is 6.63. The van der Waals surface area contributed by atoms with Crippen LogP contribution in [-0.2, 0) is 9.59 Å². The van der Waals surface area contributed by atoms with Crippen LogP contribution in [0.25, 0.3) is 16.0 Å². The molecular formula is C31H30N2O5S.